The second kappa shape index (κ2) is 11.4. The summed E-state index contributed by atoms with van der Waals surface area (Å²) in [6, 6.07) is 27.7. The normalized spacial score (nSPS) is 10.9. The maximum Gasteiger partial charge on any atom is 0.255 e. The number of ether oxygens (including phenoxy) is 1. The molecule has 0 saturated carbocycles. The van der Waals surface area contributed by atoms with Gasteiger partial charge >= 0.3 is 0 Å². The number of primary amides is 1. The van der Waals surface area contributed by atoms with E-state index in [-0.39, 0.29) is 18.4 Å². The summed E-state index contributed by atoms with van der Waals surface area (Å²) in [7, 11) is 0. The van der Waals surface area contributed by atoms with Crippen molar-refractivity contribution in [2.24, 2.45) is 5.73 Å². The smallest absolute Gasteiger partial charge is 0.255 e. The monoisotopic (exact) mass is 414 g/mol. The summed E-state index contributed by atoms with van der Waals surface area (Å²) in [5.41, 5.74) is 8.38. The first-order valence-electron chi connectivity index (χ1n) is 10.2. The van der Waals surface area contributed by atoms with Crippen LogP contribution < -0.4 is 15.8 Å². The van der Waals surface area contributed by atoms with Crippen LogP contribution in [0.25, 0.3) is 6.08 Å². The van der Waals surface area contributed by atoms with E-state index in [4.69, 9.17) is 10.5 Å². The average Bonchev–Trinajstić information content (AvgIpc) is 2.81. The molecule has 0 aromatic heterocycles. The molecule has 158 valence electrons. The maximum atomic E-state index is 12.2. The Bertz CT molecular complexity index is 960. The lowest BCUT2D eigenvalue weighted by Crippen LogP contribution is -2.23. The Morgan fingerprint density at radius 1 is 0.871 bits per heavy atom. The Balaban J connectivity index is 1.53. The van der Waals surface area contributed by atoms with Gasteiger partial charge in [-0.3, -0.25) is 9.59 Å². The van der Waals surface area contributed by atoms with Crippen LogP contribution in [0.3, 0.4) is 0 Å². The molecule has 3 rings (SSSR count). The number of hydrogen-bond donors (Lipinski definition) is 2. The van der Waals surface area contributed by atoms with E-state index in [1.54, 1.807) is 30.3 Å². The highest BCUT2D eigenvalue weighted by molar-refractivity contribution is 5.91. The van der Waals surface area contributed by atoms with E-state index < -0.39 is 5.91 Å². The fourth-order valence-corrected chi connectivity index (χ4v) is 3.30. The number of amides is 2. The molecule has 5 heteroatoms. The lowest BCUT2D eigenvalue weighted by atomic mass is 9.88. The van der Waals surface area contributed by atoms with Crippen LogP contribution in [-0.2, 0) is 9.59 Å². The molecule has 0 unspecified atom stereocenters. The third-order valence-corrected chi connectivity index (χ3v) is 4.82. The quantitative estimate of drug-likeness (QED) is 0.494. The van der Waals surface area contributed by atoms with E-state index in [0.29, 0.717) is 12.3 Å². The molecule has 0 fully saturated rings. The van der Waals surface area contributed by atoms with Gasteiger partial charge < -0.3 is 15.8 Å². The molecule has 0 bridgehead atoms. The van der Waals surface area contributed by atoms with Crippen LogP contribution >= 0.6 is 0 Å². The van der Waals surface area contributed by atoms with E-state index in [1.165, 1.54) is 17.2 Å². The van der Waals surface area contributed by atoms with Crippen LogP contribution in [0.2, 0.25) is 0 Å². The van der Waals surface area contributed by atoms with Gasteiger partial charge in [0, 0.05) is 18.5 Å². The van der Waals surface area contributed by atoms with E-state index in [0.717, 1.165) is 12.0 Å². The standard InChI is InChI=1S/C26H26N2O3/c27-25(29)19-31-23-14-11-20(12-15-23)13-16-26(30)28-18-17-24(21-7-3-1-4-8-21)22-9-5-2-6-10-22/h1-16,24H,17-19H2,(H2,27,29)(H,28,30). The SMILES string of the molecule is NC(=O)COc1ccc(C=CC(=O)NCCC(c2ccccc2)c2ccccc2)cc1. The molecule has 0 aliphatic heterocycles. The number of hydrogen-bond acceptors (Lipinski definition) is 3. The molecule has 31 heavy (non-hydrogen) atoms. The van der Waals surface area contributed by atoms with Crippen molar-refractivity contribution in [1.29, 1.82) is 0 Å². The molecule has 0 radical (unpaired) electrons. The van der Waals surface area contributed by atoms with Gasteiger partial charge in [-0.05, 0) is 41.3 Å². The van der Waals surface area contributed by atoms with Gasteiger partial charge in [0.2, 0.25) is 5.91 Å². The van der Waals surface area contributed by atoms with Crippen LogP contribution in [0.1, 0.15) is 29.0 Å². The predicted molar refractivity (Wildman–Crippen MR) is 123 cm³/mol. The van der Waals surface area contributed by atoms with Crippen molar-refractivity contribution < 1.29 is 14.3 Å². The second-order valence-electron chi connectivity index (χ2n) is 7.11. The minimum atomic E-state index is -0.526. The molecule has 0 saturated heterocycles. The van der Waals surface area contributed by atoms with E-state index in [9.17, 15) is 9.59 Å². The van der Waals surface area contributed by atoms with Gasteiger partial charge in [0.1, 0.15) is 5.75 Å². The summed E-state index contributed by atoms with van der Waals surface area (Å²) in [4.78, 5) is 23.0. The van der Waals surface area contributed by atoms with Crippen LogP contribution in [0.4, 0.5) is 0 Å². The van der Waals surface area contributed by atoms with Gasteiger partial charge in [-0.2, -0.15) is 0 Å². The van der Waals surface area contributed by atoms with Gasteiger partial charge in [0.15, 0.2) is 6.61 Å². The largest absolute Gasteiger partial charge is 0.484 e. The zero-order chi connectivity index (χ0) is 21.9. The zero-order valence-electron chi connectivity index (χ0n) is 17.2. The first-order valence-corrected chi connectivity index (χ1v) is 10.2. The van der Waals surface area contributed by atoms with Crippen LogP contribution in [0, 0.1) is 0 Å². The number of nitrogens with one attached hydrogen (secondary N) is 1. The molecule has 2 amide bonds. The number of benzene rings is 3. The first kappa shape index (κ1) is 21.8. The molecule has 0 aliphatic rings. The number of carbonyl (C=O) groups excluding carboxylic acids is 2. The van der Waals surface area contributed by atoms with Crippen molar-refractivity contribution in [3.8, 4) is 5.75 Å². The summed E-state index contributed by atoms with van der Waals surface area (Å²) in [5.74, 6) is 0.101. The first-order chi connectivity index (χ1) is 15.1. The van der Waals surface area contributed by atoms with Crippen LogP contribution in [0.15, 0.2) is 91.0 Å². The van der Waals surface area contributed by atoms with Gasteiger partial charge in [-0.15, -0.1) is 0 Å². The highest BCUT2D eigenvalue weighted by Crippen LogP contribution is 2.27. The fraction of sp³-hybridized carbons (Fsp3) is 0.154. The number of rotatable bonds is 10. The van der Waals surface area contributed by atoms with Gasteiger partial charge in [-0.1, -0.05) is 72.8 Å². The molecule has 3 N–H and O–H groups in total. The molecule has 0 atom stereocenters. The maximum absolute atomic E-state index is 12.2. The summed E-state index contributed by atoms with van der Waals surface area (Å²) in [6.07, 6.45) is 4.05. The molecular formula is C26H26N2O3. The summed E-state index contributed by atoms with van der Waals surface area (Å²) >= 11 is 0. The molecule has 5 nitrogen and oxygen atoms in total. The summed E-state index contributed by atoms with van der Waals surface area (Å²) < 4.78 is 5.22. The predicted octanol–water partition coefficient (Wildman–Crippen LogP) is 3.90. The Morgan fingerprint density at radius 3 is 2.00 bits per heavy atom. The van der Waals surface area contributed by atoms with Crippen molar-refractivity contribution in [3.63, 3.8) is 0 Å². The Morgan fingerprint density at radius 2 is 1.45 bits per heavy atom. The van der Waals surface area contributed by atoms with Crippen molar-refractivity contribution in [1.82, 2.24) is 5.32 Å². The van der Waals surface area contributed by atoms with Crippen molar-refractivity contribution >= 4 is 17.9 Å². The highest BCUT2D eigenvalue weighted by Gasteiger charge is 2.13. The summed E-state index contributed by atoms with van der Waals surface area (Å²) in [5, 5.41) is 2.97. The molecular weight excluding hydrogens is 388 g/mol. The molecule has 0 heterocycles. The van der Waals surface area contributed by atoms with Gasteiger partial charge in [0.05, 0.1) is 0 Å². The third-order valence-electron chi connectivity index (χ3n) is 4.82. The van der Waals surface area contributed by atoms with Gasteiger partial charge in [0.25, 0.3) is 5.91 Å². The Kier molecular flexibility index (Phi) is 8.00. The van der Waals surface area contributed by atoms with Crippen molar-refractivity contribution in [3.05, 3.63) is 108 Å². The van der Waals surface area contributed by atoms with E-state index in [1.807, 2.05) is 36.4 Å². The molecule has 0 aliphatic carbocycles. The minimum absolute atomic E-state index is 0.145. The van der Waals surface area contributed by atoms with E-state index >= 15 is 0 Å². The second-order valence-corrected chi connectivity index (χ2v) is 7.11. The third kappa shape index (κ3) is 7.16. The molecule has 3 aromatic rings. The zero-order valence-corrected chi connectivity index (χ0v) is 17.2. The number of nitrogens with two attached hydrogens (primary N) is 1. The lowest BCUT2D eigenvalue weighted by molar-refractivity contribution is -0.120. The average molecular weight is 415 g/mol. The van der Waals surface area contributed by atoms with Gasteiger partial charge in [-0.25, -0.2) is 0 Å². The Labute approximate surface area is 182 Å². The minimum Gasteiger partial charge on any atom is -0.484 e. The Hall–Kier alpha value is -3.86. The summed E-state index contributed by atoms with van der Waals surface area (Å²) in [6.45, 7) is 0.405. The fourth-order valence-electron chi connectivity index (χ4n) is 3.30. The lowest BCUT2D eigenvalue weighted by Gasteiger charge is -2.18. The van der Waals surface area contributed by atoms with Crippen LogP contribution in [-0.4, -0.2) is 25.0 Å². The topological polar surface area (TPSA) is 81.4 Å². The molecule has 3 aromatic carbocycles. The van der Waals surface area contributed by atoms with Crippen LogP contribution in [0.5, 0.6) is 5.75 Å². The number of carbonyl (C=O) groups is 2. The van der Waals surface area contributed by atoms with Crippen molar-refractivity contribution in [2.75, 3.05) is 13.2 Å². The molecule has 0 spiro atoms. The van der Waals surface area contributed by atoms with Crippen molar-refractivity contribution in [2.45, 2.75) is 12.3 Å². The van der Waals surface area contributed by atoms with E-state index in [2.05, 4.69) is 29.6 Å². The highest BCUT2D eigenvalue weighted by atomic mass is 16.5.